The number of benzene rings is 2. The lowest BCUT2D eigenvalue weighted by molar-refractivity contribution is -0.124. The summed E-state index contributed by atoms with van der Waals surface area (Å²) in [6.07, 6.45) is 0. The van der Waals surface area contributed by atoms with Crippen molar-refractivity contribution < 1.29 is 23.5 Å². The van der Waals surface area contributed by atoms with Gasteiger partial charge in [-0.15, -0.1) is 11.8 Å². The molecule has 0 aromatic heterocycles. The van der Waals surface area contributed by atoms with E-state index in [0.717, 1.165) is 11.0 Å². The lowest BCUT2D eigenvalue weighted by atomic mass is 10.2. The summed E-state index contributed by atoms with van der Waals surface area (Å²) < 4.78 is 23.2. The molecule has 0 saturated heterocycles. The molecular weight excluding hydrogens is 381 g/mol. The van der Waals surface area contributed by atoms with Crippen LogP contribution in [0.25, 0.3) is 0 Å². The fourth-order valence-corrected chi connectivity index (χ4v) is 2.84. The first-order valence-electron chi connectivity index (χ1n) is 7.65. The van der Waals surface area contributed by atoms with Crippen LogP contribution in [0.15, 0.2) is 47.4 Å². The summed E-state index contributed by atoms with van der Waals surface area (Å²) >= 11 is 7.37. The molecule has 5 nitrogen and oxygen atoms in total. The Morgan fingerprint density at radius 1 is 1.19 bits per heavy atom. The number of methoxy groups -OCH3 is 1. The Hall–Kier alpha value is -2.25. The van der Waals surface area contributed by atoms with Crippen LogP contribution in [0.3, 0.4) is 0 Å². The lowest BCUT2D eigenvalue weighted by Gasteiger charge is -2.08. The summed E-state index contributed by atoms with van der Waals surface area (Å²) in [6, 6.07) is 11.1. The van der Waals surface area contributed by atoms with Crippen molar-refractivity contribution in [1.29, 1.82) is 0 Å². The Morgan fingerprint density at radius 2 is 1.92 bits per heavy atom. The van der Waals surface area contributed by atoms with Crippen molar-refractivity contribution in [1.82, 2.24) is 5.32 Å². The number of hydrogen-bond donors (Lipinski definition) is 1. The molecule has 0 heterocycles. The number of amides is 1. The van der Waals surface area contributed by atoms with Gasteiger partial charge in [-0.2, -0.15) is 0 Å². The minimum absolute atomic E-state index is 0.00870. The summed E-state index contributed by atoms with van der Waals surface area (Å²) in [7, 11) is 1.33. The van der Waals surface area contributed by atoms with Gasteiger partial charge >= 0.3 is 5.97 Å². The molecule has 0 aliphatic rings. The van der Waals surface area contributed by atoms with Gasteiger partial charge in [0.05, 0.1) is 12.7 Å². The van der Waals surface area contributed by atoms with E-state index in [-0.39, 0.29) is 11.3 Å². The quantitative estimate of drug-likeness (QED) is 0.419. The smallest absolute Gasteiger partial charge is 0.338 e. The zero-order valence-corrected chi connectivity index (χ0v) is 15.5. The molecule has 0 aliphatic carbocycles. The van der Waals surface area contributed by atoms with Crippen LogP contribution in [0.4, 0.5) is 4.39 Å². The molecule has 0 radical (unpaired) electrons. The van der Waals surface area contributed by atoms with Crippen molar-refractivity contribution >= 4 is 35.2 Å². The highest BCUT2D eigenvalue weighted by atomic mass is 35.5. The molecule has 8 heteroatoms. The van der Waals surface area contributed by atoms with E-state index in [1.807, 2.05) is 12.1 Å². The monoisotopic (exact) mass is 397 g/mol. The first-order chi connectivity index (χ1) is 12.5. The minimum atomic E-state index is -0.780. The average Bonchev–Trinajstić information content (AvgIpc) is 2.64. The van der Waals surface area contributed by atoms with Crippen molar-refractivity contribution in [3.05, 3.63) is 58.9 Å². The predicted molar refractivity (Wildman–Crippen MR) is 98.4 cm³/mol. The van der Waals surface area contributed by atoms with Gasteiger partial charge < -0.3 is 14.8 Å². The fourth-order valence-electron chi connectivity index (χ4n) is 1.95. The SMILES string of the molecule is COc1ccc(C(=O)OCC(=O)NCCSc2ccc(Cl)cc2)cc1F. The Bertz CT molecular complexity index is 770. The van der Waals surface area contributed by atoms with Crippen LogP contribution in [0.5, 0.6) is 5.75 Å². The van der Waals surface area contributed by atoms with Gasteiger partial charge in [0.25, 0.3) is 5.91 Å². The Kier molecular flexibility index (Phi) is 7.74. The summed E-state index contributed by atoms with van der Waals surface area (Å²) in [5, 5.41) is 3.31. The van der Waals surface area contributed by atoms with E-state index in [9.17, 15) is 14.0 Å². The highest BCUT2D eigenvalue weighted by molar-refractivity contribution is 7.99. The molecule has 0 fully saturated rings. The number of thioether (sulfide) groups is 1. The minimum Gasteiger partial charge on any atom is -0.494 e. The van der Waals surface area contributed by atoms with Crippen LogP contribution in [0, 0.1) is 5.82 Å². The van der Waals surface area contributed by atoms with Gasteiger partial charge in [0.2, 0.25) is 0 Å². The van der Waals surface area contributed by atoms with Crippen molar-refractivity contribution in [3.63, 3.8) is 0 Å². The first kappa shape index (κ1) is 20.1. The normalized spacial score (nSPS) is 10.3. The third kappa shape index (κ3) is 6.24. The molecular formula is C18H17ClFNO4S. The molecule has 138 valence electrons. The molecule has 0 spiro atoms. The number of esters is 1. The standard InChI is InChI=1S/C18H17ClFNO4S/c1-24-16-7-2-12(10-15(16)20)18(23)25-11-17(22)21-8-9-26-14-5-3-13(19)4-6-14/h2-7,10H,8-9,11H2,1H3,(H,21,22). The predicted octanol–water partition coefficient (Wildman–Crippen LogP) is 3.55. The van der Waals surface area contributed by atoms with Gasteiger partial charge in [0, 0.05) is 22.2 Å². The topological polar surface area (TPSA) is 64.6 Å². The zero-order valence-electron chi connectivity index (χ0n) is 14.0. The largest absolute Gasteiger partial charge is 0.494 e. The number of carbonyl (C=O) groups excluding carboxylic acids is 2. The van der Waals surface area contributed by atoms with Crippen LogP contribution in [-0.4, -0.2) is 37.9 Å². The molecule has 2 aromatic rings. The third-order valence-corrected chi connectivity index (χ3v) is 4.49. The Labute approximate surface area is 159 Å². The highest BCUT2D eigenvalue weighted by Crippen LogP contribution is 2.20. The lowest BCUT2D eigenvalue weighted by Crippen LogP contribution is -2.30. The molecule has 1 N–H and O–H groups in total. The van der Waals surface area contributed by atoms with E-state index < -0.39 is 24.3 Å². The van der Waals surface area contributed by atoms with Crippen LogP contribution in [0.1, 0.15) is 10.4 Å². The number of halogens is 2. The summed E-state index contributed by atoms with van der Waals surface area (Å²) in [4.78, 5) is 24.6. The third-order valence-electron chi connectivity index (χ3n) is 3.23. The summed E-state index contributed by atoms with van der Waals surface area (Å²) in [6.45, 7) is -0.0149. The van der Waals surface area contributed by atoms with Gasteiger partial charge in [0.1, 0.15) is 0 Å². The summed E-state index contributed by atoms with van der Waals surface area (Å²) in [5.74, 6) is -1.20. The zero-order chi connectivity index (χ0) is 18.9. The number of rotatable bonds is 8. The molecule has 2 aromatic carbocycles. The van der Waals surface area contributed by atoms with E-state index in [0.29, 0.717) is 17.3 Å². The summed E-state index contributed by atoms with van der Waals surface area (Å²) in [5.41, 5.74) is 0.00870. The van der Waals surface area contributed by atoms with Crippen LogP contribution in [-0.2, 0) is 9.53 Å². The van der Waals surface area contributed by atoms with E-state index in [4.69, 9.17) is 21.1 Å². The van der Waals surface area contributed by atoms with Gasteiger partial charge in [-0.1, -0.05) is 11.6 Å². The maximum Gasteiger partial charge on any atom is 0.338 e. The Morgan fingerprint density at radius 3 is 2.58 bits per heavy atom. The van der Waals surface area contributed by atoms with E-state index in [1.54, 1.807) is 23.9 Å². The molecule has 2 rings (SSSR count). The van der Waals surface area contributed by atoms with Gasteiger partial charge in [-0.3, -0.25) is 4.79 Å². The van der Waals surface area contributed by atoms with E-state index in [2.05, 4.69) is 5.32 Å². The molecule has 0 bridgehead atoms. The second-order valence-electron chi connectivity index (χ2n) is 5.08. The molecule has 1 amide bonds. The second-order valence-corrected chi connectivity index (χ2v) is 6.68. The maximum absolute atomic E-state index is 13.6. The Balaban J connectivity index is 1.68. The second kappa shape index (κ2) is 10.0. The highest BCUT2D eigenvalue weighted by Gasteiger charge is 2.13. The molecule has 26 heavy (non-hydrogen) atoms. The van der Waals surface area contributed by atoms with Crippen LogP contribution >= 0.6 is 23.4 Å². The van der Waals surface area contributed by atoms with Crippen molar-refractivity contribution in [2.24, 2.45) is 0 Å². The maximum atomic E-state index is 13.6. The van der Waals surface area contributed by atoms with Crippen molar-refractivity contribution in [2.75, 3.05) is 26.0 Å². The molecule has 0 aliphatic heterocycles. The van der Waals surface area contributed by atoms with Crippen LogP contribution in [0.2, 0.25) is 5.02 Å². The number of carbonyl (C=O) groups is 2. The van der Waals surface area contributed by atoms with Crippen LogP contribution < -0.4 is 10.1 Å². The molecule has 0 atom stereocenters. The first-order valence-corrected chi connectivity index (χ1v) is 9.01. The number of hydrogen-bond acceptors (Lipinski definition) is 5. The van der Waals surface area contributed by atoms with Crippen molar-refractivity contribution in [2.45, 2.75) is 4.90 Å². The van der Waals surface area contributed by atoms with Gasteiger partial charge in [-0.05, 0) is 42.5 Å². The van der Waals surface area contributed by atoms with Gasteiger partial charge in [-0.25, -0.2) is 9.18 Å². The number of nitrogens with one attached hydrogen (secondary N) is 1. The van der Waals surface area contributed by atoms with E-state index >= 15 is 0 Å². The molecule has 0 unspecified atom stereocenters. The average molecular weight is 398 g/mol. The fraction of sp³-hybridized carbons (Fsp3) is 0.222. The molecule has 0 saturated carbocycles. The van der Waals surface area contributed by atoms with E-state index in [1.165, 1.54) is 19.2 Å². The van der Waals surface area contributed by atoms with Gasteiger partial charge in [0.15, 0.2) is 18.2 Å². The van der Waals surface area contributed by atoms with Crippen molar-refractivity contribution in [3.8, 4) is 5.75 Å². The number of ether oxygens (including phenoxy) is 2.